The number of aromatic nitrogens is 3. The van der Waals surface area contributed by atoms with Gasteiger partial charge in [0, 0.05) is 49.6 Å². The molecule has 0 aliphatic carbocycles. The summed E-state index contributed by atoms with van der Waals surface area (Å²) in [7, 11) is 2.08. The summed E-state index contributed by atoms with van der Waals surface area (Å²) in [6.07, 6.45) is 4.52. The molecular weight excluding hydrogens is 298 g/mol. The largest absolute Gasteiger partial charge is 0.368 e. The zero-order valence-electron chi connectivity index (χ0n) is 12.7. The van der Waals surface area contributed by atoms with E-state index < -0.39 is 4.92 Å². The molecule has 0 N–H and O–H groups in total. The molecule has 9 heteroatoms. The molecule has 9 nitrogen and oxygen atoms in total. The number of piperazine rings is 1. The van der Waals surface area contributed by atoms with E-state index in [9.17, 15) is 10.1 Å². The van der Waals surface area contributed by atoms with Gasteiger partial charge in [-0.3, -0.25) is 10.1 Å². The molecule has 2 heterocycles. The molecule has 2 aromatic rings. The van der Waals surface area contributed by atoms with Gasteiger partial charge < -0.3 is 9.80 Å². The summed E-state index contributed by atoms with van der Waals surface area (Å²) in [5, 5.41) is 22.6. The SMILES string of the molecule is CN1CCN(c2ccc([N+](=O)[O-])cc2/C=N/n2cnnc2)CC1. The normalized spacial score (nSPS) is 16.1. The van der Waals surface area contributed by atoms with Gasteiger partial charge in [-0.25, -0.2) is 4.68 Å². The van der Waals surface area contributed by atoms with Gasteiger partial charge in [0.15, 0.2) is 0 Å². The molecule has 120 valence electrons. The van der Waals surface area contributed by atoms with Crippen molar-refractivity contribution in [3.05, 3.63) is 46.5 Å². The summed E-state index contributed by atoms with van der Waals surface area (Å²) in [4.78, 5) is 15.1. The molecule has 0 atom stereocenters. The van der Waals surface area contributed by atoms with Crippen LogP contribution in [-0.4, -0.2) is 64.1 Å². The van der Waals surface area contributed by atoms with Crippen LogP contribution >= 0.6 is 0 Å². The van der Waals surface area contributed by atoms with Gasteiger partial charge in [-0.05, 0) is 13.1 Å². The van der Waals surface area contributed by atoms with Crippen molar-refractivity contribution in [3.8, 4) is 0 Å². The van der Waals surface area contributed by atoms with E-state index in [4.69, 9.17) is 0 Å². The standard InChI is InChI=1S/C14H17N7O2/c1-18-4-6-19(7-5-18)14-3-2-13(21(22)23)8-12(14)9-17-20-10-15-16-11-20/h2-3,8-11H,4-7H2,1H3/b17-9+. The minimum Gasteiger partial charge on any atom is -0.368 e. The molecule has 1 aromatic heterocycles. The summed E-state index contributed by atoms with van der Waals surface area (Å²) in [6, 6.07) is 4.86. The van der Waals surface area contributed by atoms with Gasteiger partial charge in [-0.1, -0.05) is 0 Å². The number of nitro benzene ring substituents is 1. The average Bonchev–Trinajstić information content (AvgIpc) is 3.07. The van der Waals surface area contributed by atoms with Crippen molar-refractivity contribution in [1.29, 1.82) is 0 Å². The van der Waals surface area contributed by atoms with Crippen LogP contribution in [0, 0.1) is 10.1 Å². The molecule has 0 spiro atoms. The number of anilines is 1. The van der Waals surface area contributed by atoms with Gasteiger partial charge in [0.1, 0.15) is 12.7 Å². The molecular formula is C14H17N7O2. The maximum Gasteiger partial charge on any atom is 0.270 e. The van der Waals surface area contributed by atoms with Gasteiger partial charge in [-0.2, -0.15) is 5.10 Å². The van der Waals surface area contributed by atoms with Gasteiger partial charge in [0.25, 0.3) is 5.69 Å². The smallest absolute Gasteiger partial charge is 0.270 e. The van der Waals surface area contributed by atoms with Gasteiger partial charge >= 0.3 is 0 Å². The van der Waals surface area contributed by atoms with Crippen molar-refractivity contribution in [3.63, 3.8) is 0 Å². The summed E-state index contributed by atoms with van der Waals surface area (Å²) in [5.74, 6) is 0. The van der Waals surface area contributed by atoms with Crippen LogP contribution in [0.25, 0.3) is 0 Å². The molecule has 0 radical (unpaired) electrons. The Bertz CT molecular complexity index is 706. The van der Waals surface area contributed by atoms with Gasteiger partial charge in [0.05, 0.1) is 11.1 Å². The molecule has 23 heavy (non-hydrogen) atoms. The van der Waals surface area contributed by atoms with Crippen LogP contribution in [0.2, 0.25) is 0 Å². The van der Waals surface area contributed by atoms with Gasteiger partial charge in [0.2, 0.25) is 0 Å². The molecule has 1 aliphatic heterocycles. The number of nitrogens with zero attached hydrogens (tertiary/aromatic N) is 7. The molecule has 0 bridgehead atoms. The number of benzene rings is 1. The van der Waals surface area contributed by atoms with E-state index in [1.165, 1.54) is 23.4 Å². The van der Waals surface area contributed by atoms with Crippen molar-refractivity contribution < 1.29 is 4.92 Å². The second-order valence-corrected chi connectivity index (χ2v) is 5.38. The number of likely N-dealkylation sites (N-methyl/N-ethyl adjacent to an activating group) is 1. The first-order chi connectivity index (χ1) is 11.1. The highest BCUT2D eigenvalue weighted by molar-refractivity contribution is 5.89. The summed E-state index contributed by atoms with van der Waals surface area (Å²) < 4.78 is 1.45. The monoisotopic (exact) mass is 315 g/mol. The molecule has 1 aromatic carbocycles. The van der Waals surface area contributed by atoms with Crippen molar-refractivity contribution in [2.75, 3.05) is 38.1 Å². The van der Waals surface area contributed by atoms with E-state index in [0.29, 0.717) is 5.56 Å². The first-order valence-electron chi connectivity index (χ1n) is 7.24. The number of nitro groups is 1. The van der Waals surface area contributed by atoms with E-state index >= 15 is 0 Å². The predicted molar refractivity (Wildman–Crippen MR) is 85.8 cm³/mol. The Kier molecular flexibility index (Phi) is 4.29. The van der Waals surface area contributed by atoms with Crippen molar-refractivity contribution in [2.24, 2.45) is 5.10 Å². The maximum atomic E-state index is 11.0. The first-order valence-corrected chi connectivity index (χ1v) is 7.24. The lowest BCUT2D eigenvalue weighted by Crippen LogP contribution is -2.44. The summed E-state index contributed by atoms with van der Waals surface area (Å²) >= 11 is 0. The van der Waals surface area contributed by atoms with Crippen LogP contribution in [0.15, 0.2) is 36.0 Å². The fourth-order valence-corrected chi connectivity index (χ4v) is 2.48. The zero-order valence-corrected chi connectivity index (χ0v) is 12.7. The van der Waals surface area contributed by atoms with Crippen LogP contribution in [0.3, 0.4) is 0 Å². The lowest BCUT2D eigenvalue weighted by Gasteiger charge is -2.34. The summed E-state index contributed by atoms with van der Waals surface area (Å²) in [5.41, 5.74) is 1.70. The fourth-order valence-electron chi connectivity index (χ4n) is 2.48. The molecule has 0 unspecified atom stereocenters. The molecule has 1 saturated heterocycles. The Morgan fingerprint density at radius 1 is 1.22 bits per heavy atom. The maximum absolute atomic E-state index is 11.0. The average molecular weight is 315 g/mol. The van der Waals surface area contributed by atoms with Crippen LogP contribution in [0.1, 0.15) is 5.56 Å². The van der Waals surface area contributed by atoms with E-state index in [1.54, 1.807) is 18.3 Å². The Hall–Kier alpha value is -2.81. The predicted octanol–water partition coefficient (Wildman–Crippen LogP) is 0.820. The molecule has 1 fully saturated rings. The number of hydrogen-bond acceptors (Lipinski definition) is 7. The van der Waals surface area contributed by atoms with E-state index in [2.05, 4.69) is 32.1 Å². The fraction of sp³-hybridized carbons (Fsp3) is 0.357. The zero-order chi connectivity index (χ0) is 16.2. The highest BCUT2D eigenvalue weighted by Crippen LogP contribution is 2.25. The quantitative estimate of drug-likeness (QED) is 0.471. The van der Waals surface area contributed by atoms with Crippen molar-refractivity contribution >= 4 is 17.6 Å². The van der Waals surface area contributed by atoms with Crippen LogP contribution < -0.4 is 4.90 Å². The van der Waals surface area contributed by atoms with Crippen LogP contribution in [-0.2, 0) is 0 Å². The van der Waals surface area contributed by atoms with Crippen molar-refractivity contribution in [1.82, 2.24) is 19.8 Å². The van der Waals surface area contributed by atoms with Crippen LogP contribution in [0.5, 0.6) is 0 Å². The lowest BCUT2D eigenvalue weighted by atomic mass is 10.1. The first kappa shape index (κ1) is 15.1. The van der Waals surface area contributed by atoms with Gasteiger partial charge in [-0.15, -0.1) is 10.2 Å². The van der Waals surface area contributed by atoms with E-state index in [0.717, 1.165) is 31.9 Å². The Morgan fingerprint density at radius 3 is 2.57 bits per heavy atom. The minimum absolute atomic E-state index is 0.0492. The highest BCUT2D eigenvalue weighted by atomic mass is 16.6. The third-order valence-corrected chi connectivity index (χ3v) is 3.80. The molecule has 3 rings (SSSR count). The van der Waals surface area contributed by atoms with Crippen molar-refractivity contribution in [2.45, 2.75) is 0 Å². The molecule has 1 aliphatic rings. The second-order valence-electron chi connectivity index (χ2n) is 5.38. The van der Waals surface area contributed by atoms with Crippen LogP contribution in [0.4, 0.5) is 11.4 Å². The third-order valence-electron chi connectivity index (χ3n) is 3.80. The Balaban J connectivity index is 1.92. The number of rotatable bonds is 4. The third kappa shape index (κ3) is 3.51. The topological polar surface area (TPSA) is 92.7 Å². The molecule has 0 amide bonds. The number of hydrogen-bond donors (Lipinski definition) is 0. The van der Waals surface area contributed by atoms with E-state index in [-0.39, 0.29) is 5.69 Å². The minimum atomic E-state index is -0.399. The van der Waals surface area contributed by atoms with E-state index in [1.807, 2.05) is 0 Å². The number of non-ortho nitro benzene ring substituents is 1. The highest BCUT2D eigenvalue weighted by Gasteiger charge is 2.18. The summed E-state index contributed by atoms with van der Waals surface area (Å²) in [6.45, 7) is 3.67. The second kappa shape index (κ2) is 6.53. The lowest BCUT2D eigenvalue weighted by molar-refractivity contribution is -0.384. The Morgan fingerprint density at radius 2 is 1.91 bits per heavy atom. The molecule has 0 saturated carbocycles. The Labute approximate surface area is 133 Å².